The molecule has 0 spiro atoms. The highest BCUT2D eigenvalue weighted by Gasteiger charge is 2.20. The molecule has 0 saturated heterocycles. The SMILES string of the molecule is O=C(CCl)NCCNC(=O)c1c(O)c2ccccc2oc1=O. The van der Waals surface area contributed by atoms with E-state index in [1.807, 2.05) is 0 Å². The fourth-order valence-electron chi connectivity index (χ4n) is 1.85. The van der Waals surface area contributed by atoms with Gasteiger partial charge >= 0.3 is 5.63 Å². The van der Waals surface area contributed by atoms with Crippen LogP contribution in [0.25, 0.3) is 11.0 Å². The van der Waals surface area contributed by atoms with E-state index in [1.165, 1.54) is 12.1 Å². The van der Waals surface area contributed by atoms with Crippen molar-refractivity contribution in [2.24, 2.45) is 0 Å². The molecule has 0 radical (unpaired) electrons. The third-order valence-electron chi connectivity index (χ3n) is 2.87. The van der Waals surface area contributed by atoms with Crippen LogP contribution in [0.15, 0.2) is 33.5 Å². The van der Waals surface area contributed by atoms with Gasteiger partial charge in [-0.3, -0.25) is 9.59 Å². The number of alkyl halides is 1. The van der Waals surface area contributed by atoms with Gasteiger partial charge in [0, 0.05) is 13.1 Å². The summed E-state index contributed by atoms with van der Waals surface area (Å²) < 4.78 is 4.99. The van der Waals surface area contributed by atoms with Crippen molar-refractivity contribution >= 4 is 34.4 Å². The summed E-state index contributed by atoms with van der Waals surface area (Å²) in [5, 5.41) is 15.2. The Kier molecular flexibility index (Phi) is 5.00. The van der Waals surface area contributed by atoms with Crippen molar-refractivity contribution in [2.45, 2.75) is 0 Å². The van der Waals surface area contributed by atoms with Crippen LogP contribution in [-0.4, -0.2) is 35.9 Å². The van der Waals surface area contributed by atoms with Crippen LogP contribution < -0.4 is 16.3 Å². The van der Waals surface area contributed by atoms with Crippen molar-refractivity contribution in [1.82, 2.24) is 10.6 Å². The summed E-state index contributed by atoms with van der Waals surface area (Å²) in [6.07, 6.45) is 0. The van der Waals surface area contributed by atoms with Gasteiger partial charge in [-0.25, -0.2) is 4.79 Å². The van der Waals surface area contributed by atoms with Gasteiger partial charge in [-0.1, -0.05) is 12.1 Å². The predicted molar refractivity (Wildman–Crippen MR) is 80.2 cm³/mol. The van der Waals surface area contributed by atoms with Gasteiger partial charge in [0.2, 0.25) is 5.91 Å². The van der Waals surface area contributed by atoms with Crippen LogP contribution in [-0.2, 0) is 4.79 Å². The Balaban J connectivity index is 2.15. The van der Waals surface area contributed by atoms with Crippen LogP contribution in [0.2, 0.25) is 0 Å². The minimum atomic E-state index is -0.932. The summed E-state index contributed by atoms with van der Waals surface area (Å²) in [5.41, 5.74) is -1.21. The summed E-state index contributed by atoms with van der Waals surface area (Å²) in [4.78, 5) is 34.7. The Bertz CT molecular complexity index is 771. The molecular weight excluding hydrogens is 312 g/mol. The van der Waals surface area contributed by atoms with Gasteiger partial charge < -0.3 is 20.2 Å². The van der Waals surface area contributed by atoms with Crippen LogP contribution >= 0.6 is 11.6 Å². The molecule has 3 N–H and O–H groups in total. The smallest absolute Gasteiger partial charge is 0.353 e. The molecular formula is C14H13ClN2O5. The quantitative estimate of drug-likeness (QED) is 0.423. The van der Waals surface area contributed by atoms with Crippen molar-refractivity contribution in [2.75, 3.05) is 19.0 Å². The fourth-order valence-corrected chi connectivity index (χ4v) is 1.94. The summed E-state index contributed by atoms with van der Waals surface area (Å²) >= 11 is 5.30. The molecule has 1 aromatic carbocycles. The van der Waals surface area contributed by atoms with E-state index in [9.17, 15) is 19.5 Å². The Morgan fingerprint density at radius 1 is 1.18 bits per heavy atom. The van der Waals surface area contributed by atoms with Gasteiger partial charge in [-0.05, 0) is 12.1 Å². The molecule has 2 aromatic rings. The third-order valence-corrected chi connectivity index (χ3v) is 3.11. The number of nitrogens with one attached hydrogen (secondary N) is 2. The number of carbonyl (C=O) groups is 2. The zero-order chi connectivity index (χ0) is 16.1. The number of rotatable bonds is 5. The van der Waals surface area contributed by atoms with Gasteiger partial charge in [0.1, 0.15) is 17.2 Å². The van der Waals surface area contributed by atoms with Crippen molar-refractivity contribution in [3.05, 3.63) is 40.2 Å². The molecule has 0 unspecified atom stereocenters. The summed E-state index contributed by atoms with van der Waals surface area (Å²) in [6.45, 7) is 0.226. The monoisotopic (exact) mass is 324 g/mol. The molecule has 1 heterocycles. The normalized spacial score (nSPS) is 10.4. The number of hydrogen-bond acceptors (Lipinski definition) is 5. The van der Waals surface area contributed by atoms with Crippen LogP contribution in [0.4, 0.5) is 0 Å². The van der Waals surface area contributed by atoms with E-state index in [1.54, 1.807) is 12.1 Å². The first-order valence-corrected chi connectivity index (χ1v) is 6.93. The number of aromatic hydroxyl groups is 1. The molecule has 2 amide bonds. The first-order chi connectivity index (χ1) is 10.5. The molecule has 0 bridgehead atoms. The maximum atomic E-state index is 12.0. The maximum absolute atomic E-state index is 12.0. The zero-order valence-corrected chi connectivity index (χ0v) is 12.1. The Morgan fingerprint density at radius 3 is 2.59 bits per heavy atom. The molecule has 0 saturated carbocycles. The van der Waals surface area contributed by atoms with Gasteiger partial charge in [0.05, 0.1) is 5.39 Å². The van der Waals surface area contributed by atoms with E-state index in [0.29, 0.717) is 0 Å². The Hall–Kier alpha value is -2.54. The minimum absolute atomic E-state index is 0.0766. The van der Waals surface area contributed by atoms with E-state index < -0.39 is 22.8 Å². The molecule has 0 aliphatic rings. The van der Waals surface area contributed by atoms with Crippen LogP contribution in [0.1, 0.15) is 10.4 Å². The van der Waals surface area contributed by atoms with E-state index in [0.717, 1.165) is 0 Å². The van der Waals surface area contributed by atoms with Crippen LogP contribution in [0.5, 0.6) is 5.75 Å². The first-order valence-electron chi connectivity index (χ1n) is 6.40. The molecule has 0 fully saturated rings. The summed E-state index contributed by atoms with van der Waals surface area (Å²) in [5.74, 6) is -1.77. The van der Waals surface area contributed by atoms with Crippen LogP contribution in [0.3, 0.4) is 0 Å². The lowest BCUT2D eigenvalue weighted by Gasteiger charge is -2.08. The molecule has 0 aliphatic heterocycles. The number of amides is 2. The Labute approximate surface area is 129 Å². The average Bonchev–Trinajstić information content (AvgIpc) is 2.51. The van der Waals surface area contributed by atoms with Crippen LogP contribution in [0, 0.1) is 0 Å². The number of hydrogen-bond donors (Lipinski definition) is 3. The highest BCUT2D eigenvalue weighted by atomic mass is 35.5. The van der Waals surface area contributed by atoms with E-state index in [-0.39, 0.29) is 35.8 Å². The summed E-state index contributed by atoms with van der Waals surface area (Å²) in [6, 6.07) is 6.33. The zero-order valence-electron chi connectivity index (χ0n) is 11.4. The molecule has 22 heavy (non-hydrogen) atoms. The van der Waals surface area contributed by atoms with Gasteiger partial charge in [-0.15, -0.1) is 11.6 Å². The lowest BCUT2D eigenvalue weighted by molar-refractivity contribution is -0.118. The van der Waals surface area contributed by atoms with E-state index in [4.69, 9.17) is 16.0 Å². The molecule has 7 nitrogen and oxygen atoms in total. The third kappa shape index (κ3) is 3.37. The number of benzene rings is 1. The van der Waals surface area contributed by atoms with E-state index in [2.05, 4.69) is 10.6 Å². The number of para-hydroxylation sites is 1. The second-order valence-electron chi connectivity index (χ2n) is 4.35. The minimum Gasteiger partial charge on any atom is -0.506 e. The molecule has 8 heteroatoms. The second-order valence-corrected chi connectivity index (χ2v) is 4.62. The molecule has 0 atom stereocenters. The maximum Gasteiger partial charge on any atom is 0.353 e. The van der Waals surface area contributed by atoms with Gasteiger partial charge in [0.25, 0.3) is 5.91 Å². The standard InChI is InChI=1S/C14H13ClN2O5/c15-7-10(18)16-5-6-17-13(20)11-12(19)8-3-1-2-4-9(8)22-14(11)21/h1-4,19H,5-7H2,(H,16,18)(H,17,20). The lowest BCUT2D eigenvalue weighted by Crippen LogP contribution is -2.36. The predicted octanol–water partition coefficient (Wildman–Crippen LogP) is 0.583. The number of halogens is 1. The van der Waals surface area contributed by atoms with Gasteiger partial charge in [-0.2, -0.15) is 0 Å². The topological polar surface area (TPSA) is 109 Å². The van der Waals surface area contributed by atoms with Crippen molar-refractivity contribution < 1.29 is 19.1 Å². The second kappa shape index (κ2) is 6.95. The average molecular weight is 325 g/mol. The van der Waals surface area contributed by atoms with Gasteiger partial charge in [0.15, 0.2) is 5.56 Å². The summed E-state index contributed by atoms with van der Waals surface area (Å²) in [7, 11) is 0. The Morgan fingerprint density at radius 2 is 1.86 bits per heavy atom. The highest BCUT2D eigenvalue weighted by molar-refractivity contribution is 6.27. The molecule has 1 aromatic heterocycles. The number of fused-ring (bicyclic) bond motifs is 1. The molecule has 0 aliphatic carbocycles. The molecule has 116 valence electrons. The van der Waals surface area contributed by atoms with E-state index >= 15 is 0 Å². The largest absolute Gasteiger partial charge is 0.506 e. The van der Waals surface area contributed by atoms with Crippen molar-refractivity contribution in [3.8, 4) is 5.75 Å². The number of carbonyl (C=O) groups excluding carboxylic acids is 2. The van der Waals surface area contributed by atoms with Crippen molar-refractivity contribution in [1.29, 1.82) is 0 Å². The fraction of sp³-hybridized carbons (Fsp3) is 0.214. The molecule has 2 rings (SSSR count). The highest BCUT2D eigenvalue weighted by Crippen LogP contribution is 2.25. The lowest BCUT2D eigenvalue weighted by atomic mass is 10.1. The first kappa shape index (κ1) is 15.8. The van der Waals surface area contributed by atoms with Crippen molar-refractivity contribution in [3.63, 3.8) is 0 Å².